The van der Waals surface area contributed by atoms with Crippen molar-refractivity contribution in [3.05, 3.63) is 0 Å². The third-order valence-electron chi connectivity index (χ3n) is 17.4. The van der Waals surface area contributed by atoms with Crippen molar-refractivity contribution in [2.75, 3.05) is 40.9 Å². The maximum Gasteiger partial charge on any atom is 0.472 e. The number of hydrogen-bond donors (Lipinski definition) is 3. The van der Waals surface area contributed by atoms with Crippen LogP contribution in [0.1, 0.15) is 399 Å². The van der Waals surface area contributed by atoms with Crippen LogP contribution in [0.5, 0.6) is 0 Å². The van der Waals surface area contributed by atoms with Gasteiger partial charge in [0.15, 0.2) is 0 Å². The van der Waals surface area contributed by atoms with Crippen molar-refractivity contribution in [1.82, 2.24) is 5.32 Å². The molecule has 0 aromatic carbocycles. The Morgan fingerprint density at radius 1 is 0.375 bits per heavy atom. The SMILES string of the molecule is CCCCCCCCCCCCCCCCCCCCCCCCCCCCCCCCCCCCCCC(=O)NC(COP(=O)(O)OCC[N+](C)(C)C)C(O)CCCCCCCCCCCCCCCCCCCCCCCC. The maximum atomic E-state index is 13.1. The largest absolute Gasteiger partial charge is 0.472 e. The van der Waals surface area contributed by atoms with E-state index in [1.807, 2.05) is 21.1 Å². The highest BCUT2D eigenvalue weighted by Gasteiger charge is 2.28. The van der Waals surface area contributed by atoms with Crippen molar-refractivity contribution in [2.45, 2.75) is 411 Å². The summed E-state index contributed by atoms with van der Waals surface area (Å²) < 4.78 is 23.9. The van der Waals surface area contributed by atoms with Crippen LogP contribution in [0.15, 0.2) is 0 Å². The number of likely N-dealkylation sites (N-methyl/N-ethyl adjacent to an activating group) is 1. The summed E-state index contributed by atoms with van der Waals surface area (Å²) in [6, 6.07) is -0.757. The third kappa shape index (κ3) is 65.1. The van der Waals surface area contributed by atoms with Crippen molar-refractivity contribution >= 4 is 13.7 Å². The van der Waals surface area contributed by atoms with Gasteiger partial charge in [0.25, 0.3) is 0 Å². The van der Waals surface area contributed by atoms with Crippen LogP contribution in [0.2, 0.25) is 0 Å². The topological polar surface area (TPSA) is 105 Å². The molecular weight excluding hydrogens is 1010 g/mol. The summed E-state index contributed by atoms with van der Waals surface area (Å²) in [6.07, 6.45) is 79.4. The fraction of sp³-hybridized carbons (Fsp3) is 0.986. The summed E-state index contributed by atoms with van der Waals surface area (Å²) in [6.45, 7) is 4.97. The number of quaternary nitrogens is 1. The van der Waals surface area contributed by atoms with Gasteiger partial charge in [-0.15, -0.1) is 0 Å². The standard InChI is InChI=1S/C71H145N2O6P/c1-6-8-10-12-14-16-18-20-22-24-26-28-30-31-32-33-34-35-36-37-38-39-40-41-42-43-45-47-49-51-53-55-57-59-61-63-65-71(75)72-69(68-79-80(76,77)78-67-66-73(3,4)5)70(74)64-62-60-58-56-54-52-50-48-46-44-29-27-25-23-21-19-17-15-13-11-9-7-2/h69-70,74H,6-68H2,1-5H3,(H-,72,75,76,77)/p+1. The summed E-state index contributed by atoms with van der Waals surface area (Å²) >= 11 is 0. The van der Waals surface area contributed by atoms with Crippen molar-refractivity contribution in [3.63, 3.8) is 0 Å². The van der Waals surface area contributed by atoms with Crippen LogP contribution < -0.4 is 5.32 Å². The number of carbonyl (C=O) groups excluding carboxylic acids is 1. The highest BCUT2D eigenvalue weighted by Crippen LogP contribution is 2.43. The molecule has 0 heterocycles. The molecule has 0 spiro atoms. The summed E-state index contributed by atoms with van der Waals surface area (Å²) in [5, 5.41) is 14.2. The Balaban J connectivity index is 3.90. The first kappa shape index (κ1) is 79.5. The van der Waals surface area contributed by atoms with Gasteiger partial charge in [-0.2, -0.15) is 0 Å². The lowest BCUT2D eigenvalue weighted by atomic mass is 10.0. The van der Waals surface area contributed by atoms with Crippen LogP contribution in [0.4, 0.5) is 0 Å². The average molecular weight is 1150 g/mol. The van der Waals surface area contributed by atoms with Crippen molar-refractivity contribution < 1.29 is 32.9 Å². The van der Waals surface area contributed by atoms with E-state index in [4.69, 9.17) is 9.05 Å². The summed E-state index contributed by atoms with van der Waals surface area (Å²) in [5.41, 5.74) is 0. The van der Waals surface area contributed by atoms with E-state index in [2.05, 4.69) is 19.2 Å². The van der Waals surface area contributed by atoms with E-state index in [1.165, 1.54) is 334 Å². The smallest absolute Gasteiger partial charge is 0.391 e. The molecule has 3 atom stereocenters. The molecule has 3 N–H and O–H groups in total. The van der Waals surface area contributed by atoms with Crippen LogP contribution in [0, 0.1) is 0 Å². The molecule has 0 saturated heterocycles. The number of aliphatic hydroxyl groups excluding tert-OH is 1. The summed E-state index contributed by atoms with van der Waals surface area (Å²) in [7, 11) is 1.64. The quantitative estimate of drug-likeness (QED) is 0.0318. The first-order valence-electron chi connectivity index (χ1n) is 36.4. The van der Waals surface area contributed by atoms with Crippen LogP contribution in [-0.4, -0.2) is 73.4 Å². The van der Waals surface area contributed by atoms with Crippen LogP contribution in [0.25, 0.3) is 0 Å². The Labute approximate surface area is 501 Å². The van der Waals surface area contributed by atoms with Crippen molar-refractivity contribution in [3.8, 4) is 0 Å². The summed E-state index contributed by atoms with van der Waals surface area (Å²) in [5.74, 6) is -0.133. The number of phosphoric ester groups is 1. The van der Waals surface area contributed by atoms with Gasteiger partial charge < -0.3 is 19.8 Å². The second kappa shape index (κ2) is 63.0. The van der Waals surface area contributed by atoms with Gasteiger partial charge in [-0.3, -0.25) is 13.8 Å². The number of hydrogen-bond acceptors (Lipinski definition) is 5. The molecule has 0 fully saturated rings. The number of rotatable bonds is 69. The molecular formula is C71H146N2O6P+. The Morgan fingerprint density at radius 3 is 0.838 bits per heavy atom. The predicted molar refractivity (Wildman–Crippen MR) is 351 cm³/mol. The number of nitrogens with zero attached hydrogens (tertiary/aromatic N) is 1. The van der Waals surface area contributed by atoms with Gasteiger partial charge in [-0.05, 0) is 12.8 Å². The molecule has 0 rings (SSSR count). The number of phosphoric acid groups is 1. The van der Waals surface area contributed by atoms with Gasteiger partial charge in [-0.25, -0.2) is 4.57 Å². The second-order valence-electron chi connectivity index (χ2n) is 26.7. The normalized spacial score (nSPS) is 13.5. The Bertz CT molecular complexity index is 1260. The minimum Gasteiger partial charge on any atom is -0.391 e. The van der Waals surface area contributed by atoms with Gasteiger partial charge in [0, 0.05) is 6.42 Å². The number of amides is 1. The lowest BCUT2D eigenvalue weighted by Crippen LogP contribution is -2.46. The van der Waals surface area contributed by atoms with Gasteiger partial charge in [-0.1, -0.05) is 380 Å². The Hall–Kier alpha value is -0.500. The minimum atomic E-state index is -4.32. The van der Waals surface area contributed by atoms with Crippen LogP contribution >= 0.6 is 7.82 Å². The maximum absolute atomic E-state index is 13.1. The molecule has 0 aromatic heterocycles. The van der Waals surface area contributed by atoms with Crippen molar-refractivity contribution in [2.24, 2.45) is 0 Å². The molecule has 0 aliphatic carbocycles. The van der Waals surface area contributed by atoms with E-state index in [0.29, 0.717) is 23.9 Å². The molecule has 3 unspecified atom stereocenters. The number of unbranched alkanes of at least 4 members (excludes halogenated alkanes) is 56. The van der Waals surface area contributed by atoms with Gasteiger partial charge in [0.1, 0.15) is 13.2 Å². The van der Waals surface area contributed by atoms with Crippen LogP contribution in [0.3, 0.4) is 0 Å². The van der Waals surface area contributed by atoms with E-state index in [0.717, 1.165) is 38.5 Å². The predicted octanol–water partition coefficient (Wildman–Crippen LogP) is 23.1. The Morgan fingerprint density at radius 2 is 0.600 bits per heavy atom. The highest BCUT2D eigenvalue weighted by molar-refractivity contribution is 7.47. The Kier molecular flexibility index (Phi) is 62.6. The first-order chi connectivity index (χ1) is 39.0. The molecule has 0 aliphatic heterocycles. The minimum absolute atomic E-state index is 0.0795. The van der Waals surface area contributed by atoms with E-state index < -0.39 is 20.0 Å². The molecule has 0 aromatic rings. The lowest BCUT2D eigenvalue weighted by molar-refractivity contribution is -0.870. The monoisotopic (exact) mass is 1150 g/mol. The first-order valence-corrected chi connectivity index (χ1v) is 37.9. The molecule has 0 saturated carbocycles. The fourth-order valence-electron chi connectivity index (χ4n) is 11.7. The van der Waals surface area contributed by atoms with Crippen LogP contribution in [-0.2, 0) is 18.4 Å². The average Bonchev–Trinajstić information content (AvgIpc) is 3.43. The second-order valence-corrected chi connectivity index (χ2v) is 28.1. The lowest BCUT2D eigenvalue weighted by Gasteiger charge is -2.26. The molecule has 0 radical (unpaired) electrons. The number of aliphatic hydroxyl groups is 1. The zero-order valence-electron chi connectivity index (χ0n) is 55.1. The number of carbonyl (C=O) groups is 1. The van der Waals surface area contributed by atoms with E-state index >= 15 is 0 Å². The molecule has 9 heteroatoms. The molecule has 0 aliphatic rings. The van der Waals surface area contributed by atoms with Gasteiger partial charge in [0.2, 0.25) is 5.91 Å². The fourth-order valence-corrected chi connectivity index (χ4v) is 12.4. The highest BCUT2D eigenvalue weighted by atomic mass is 31.2. The molecule has 0 bridgehead atoms. The van der Waals surface area contributed by atoms with E-state index in [-0.39, 0.29) is 19.1 Å². The number of nitrogens with one attached hydrogen (secondary N) is 1. The van der Waals surface area contributed by atoms with Gasteiger partial charge in [0.05, 0.1) is 39.9 Å². The van der Waals surface area contributed by atoms with E-state index in [9.17, 15) is 19.4 Å². The molecule has 1 amide bonds. The van der Waals surface area contributed by atoms with E-state index in [1.54, 1.807) is 0 Å². The zero-order valence-corrected chi connectivity index (χ0v) is 56.0. The summed E-state index contributed by atoms with van der Waals surface area (Å²) in [4.78, 5) is 23.5. The van der Waals surface area contributed by atoms with Crippen molar-refractivity contribution in [1.29, 1.82) is 0 Å². The molecule has 480 valence electrons. The molecule has 8 nitrogen and oxygen atoms in total. The van der Waals surface area contributed by atoms with Gasteiger partial charge >= 0.3 is 7.82 Å². The zero-order chi connectivity index (χ0) is 58.4. The third-order valence-corrected chi connectivity index (χ3v) is 18.3. The molecule has 80 heavy (non-hydrogen) atoms.